The van der Waals surface area contributed by atoms with Gasteiger partial charge in [0.05, 0.1) is 7.11 Å². The van der Waals surface area contributed by atoms with Gasteiger partial charge in [0, 0.05) is 11.4 Å². The Morgan fingerprint density at radius 1 is 0.958 bits per heavy atom. The zero-order valence-electron chi connectivity index (χ0n) is 13.6. The molecule has 118 valence electrons. The van der Waals surface area contributed by atoms with Crippen molar-refractivity contribution in [1.82, 2.24) is 0 Å². The first-order chi connectivity index (χ1) is 11.7. The molecule has 0 bridgehead atoms. The molecule has 0 spiro atoms. The molecule has 0 saturated carbocycles. The number of nitriles is 2. The van der Waals surface area contributed by atoms with Crippen LogP contribution in [0.4, 0.5) is 5.69 Å². The van der Waals surface area contributed by atoms with E-state index in [2.05, 4.69) is 5.32 Å². The van der Waals surface area contributed by atoms with Gasteiger partial charge in [0.1, 0.15) is 23.5 Å². The Morgan fingerprint density at radius 3 is 2.12 bits per heavy atom. The Morgan fingerprint density at radius 2 is 1.58 bits per heavy atom. The molecular formula is C20H17N3O. The smallest absolute Gasteiger partial charge is 0.129 e. The van der Waals surface area contributed by atoms with Crippen molar-refractivity contribution in [3.05, 3.63) is 77.4 Å². The first-order valence-corrected chi connectivity index (χ1v) is 7.36. The second-order valence-corrected chi connectivity index (χ2v) is 5.10. The van der Waals surface area contributed by atoms with E-state index < -0.39 is 0 Å². The number of nitrogens with zero attached hydrogens (tertiary/aromatic N) is 2. The summed E-state index contributed by atoms with van der Waals surface area (Å²) in [7, 11) is 1.62. The third-order valence-corrected chi connectivity index (χ3v) is 3.39. The summed E-state index contributed by atoms with van der Waals surface area (Å²) >= 11 is 0. The summed E-state index contributed by atoms with van der Waals surface area (Å²) in [5.41, 5.74) is 3.85. The molecule has 0 atom stereocenters. The van der Waals surface area contributed by atoms with Crippen LogP contribution in [0.2, 0.25) is 0 Å². The fourth-order valence-electron chi connectivity index (χ4n) is 2.04. The van der Waals surface area contributed by atoms with Crippen LogP contribution in [0.1, 0.15) is 11.1 Å². The topological polar surface area (TPSA) is 68.8 Å². The van der Waals surface area contributed by atoms with Gasteiger partial charge in [-0.2, -0.15) is 10.5 Å². The summed E-state index contributed by atoms with van der Waals surface area (Å²) in [6.07, 6.45) is 3.24. The molecular weight excluding hydrogens is 298 g/mol. The first-order valence-electron chi connectivity index (χ1n) is 7.36. The molecule has 0 fully saturated rings. The number of ether oxygens (including phenoxy) is 1. The van der Waals surface area contributed by atoms with Gasteiger partial charge in [0.25, 0.3) is 0 Å². The van der Waals surface area contributed by atoms with Crippen molar-refractivity contribution in [2.45, 2.75) is 6.92 Å². The van der Waals surface area contributed by atoms with E-state index in [0.717, 1.165) is 28.3 Å². The summed E-state index contributed by atoms with van der Waals surface area (Å²) in [6, 6.07) is 19.2. The van der Waals surface area contributed by atoms with E-state index in [1.54, 1.807) is 13.2 Å². The number of hydrogen-bond donors (Lipinski definition) is 1. The maximum absolute atomic E-state index is 8.89. The molecule has 1 N–H and O–H groups in total. The molecule has 24 heavy (non-hydrogen) atoms. The van der Waals surface area contributed by atoms with Crippen LogP contribution in [0.15, 0.2) is 66.3 Å². The quantitative estimate of drug-likeness (QED) is 0.654. The number of aryl methyl sites for hydroxylation is 1. The van der Waals surface area contributed by atoms with Crippen molar-refractivity contribution in [2.75, 3.05) is 12.4 Å². The average Bonchev–Trinajstić information content (AvgIpc) is 2.63. The Labute approximate surface area is 141 Å². The van der Waals surface area contributed by atoms with E-state index in [4.69, 9.17) is 15.3 Å². The fourth-order valence-corrected chi connectivity index (χ4v) is 2.04. The normalized spacial score (nSPS) is 10.2. The second-order valence-electron chi connectivity index (χ2n) is 5.10. The Bertz CT molecular complexity index is 816. The highest BCUT2D eigenvalue weighted by Gasteiger charge is 2.03. The highest BCUT2D eigenvalue weighted by Crippen LogP contribution is 2.22. The lowest BCUT2D eigenvalue weighted by Crippen LogP contribution is -1.99. The van der Waals surface area contributed by atoms with Crippen LogP contribution >= 0.6 is 0 Å². The number of rotatable bonds is 5. The summed E-state index contributed by atoms with van der Waals surface area (Å²) in [5.74, 6) is 0.776. The van der Waals surface area contributed by atoms with Crippen molar-refractivity contribution in [3.63, 3.8) is 0 Å². The fraction of sp³-hybridized carbons (Fsp3) is 0.100. The molecule has 0 aliphatic heterocycles. The van der Waals surface area contributed by atoms with E-state index in [1.165, 1.54) is 6.08 Å². The molecule has 0 saturated heterocycles. The number of nitrogens with one attached hydrogen (secondary N) is 1. The van der Waals surface area contributed by atoms with E-state index in [9.17, 15) is 0 Å². The molecule has 2 rings (SSSR count). The Balaban J connectivity index is 2.37. The van der Waals surface area contributed by atoms with Gasteiger partial charge in [-0.15, -0.1) is 0 Å². The van der Waals surface area contributed by atoms with Crippen LogP contribution in [-0.2, 0) is 0 Å². The molecule has 4 heteroatoms. The minimum atomic E-state index is 0.0520. The standard InChI is InChI=1S/C20H17N3O/c1-15-3-6-17(7-4-15)20(12-5-16(13-21)14-22)23-18-8-10-19(24-2)11-9-18/h3-12,23H,1-2H3. The van der Waals surface area contributed by atoms with Crippen LogP contribution in [-0.4, -0.2) is 7.11 Å². The van der Waals surface area contributed by atoms with Crippen molar-refractivity contribution >= 4 is 11.4 Å². The van der Waals surface area contributed by atoms with Gasteiger partial charge >= 0.3 is 0 Å². The molecule has 0 heterocycles. The molecule has 2 aromatic rings. The van der Waals surface area contributed by atoms with Crippen LogP contribution in [0.25, 0.3) is 5.70 Å². The van der Waals surface area contributed by atoms with Gasteiger partial charge < -0.3 is 10.1 Å². The van der Waals surface area contributed by atoms with Crippen LogP contribution in [0.3, 0.4) is 0 Å². The number of benzene rings is 2. The molecule has 0 aromatic heterocycles. The van der Waals surface area contributed by atoms with Crippen LogP contribution in [0.5, 0.6) is 5.75 Å². The van der Waals surface area contributed by atoms with Gasteiger partial charge in [0.2, 0.25) is 0 Å². The summed E-state index contributed by atoms with van der Waals surface area (Å²) in [4.78, 5) is 0. The molecule has 0 amide bonds. The molecule has 0 aliphatic carbocycles. The van der Waals surface area contributed by atoms with Crippen molar-refractivity contribution in [3.8, 4) is 17.9 Å². The highest BCUT2D eigenvalue weighted by molar-refractivity contribution is 5.78. The van der Waals surface area contributed by atoms with Gasteiger partial charge in [0.15, 0.2) is 0 Å². The summed E-state index contributed by atoms with van der Waals surface area (Å²) < 4.78 is 5.16. The van der Waals surface area contributed by atoms with Crippen LogP contribution < -0.4 is 10.1 Å². The van der Waals surface area contributed by atoms with E-state index in [0.29, 0.717) is 0 Å². The Kier molecular flexibility index (Phi) is 5.77. The van der Waals surface area contributed by atoms with E-state index in [-0.39, 0.29) is 5.57 Å². The first kappa shape index (κ1) is 16.9. The zero-order valence-corrected chi connectivity index (χ0v) is 13.6. The highest BCUT2D eigenvalue weighted by atomic mass is 16.5. The number of methoxy groups -OCH3 is 1. The number of anilines is 1. The molecule has 0 radical (unpaired) electrons. The van der Waals surface area contributed by atoms with Gasteiger partial charge in [-0.05, 0) is 48.9 Å². The Hall–Kier alpha value is -3.50. The van der Waals surface area contributed by atoms with Crippen molar-refractivity contribution in [2.24, 2.45) is 0 Å². The maximum Gasteiger partial charge on any atom is 0.129 e. The van der Waals surface area contributed by atoms with Crippen molar-refractivity contribution in [1.29, 1.82) is 10.5 Å². The largest absolute Gasteiger partial charge is 0.497 e. The zero-order chi connectivity index (χ0) is 17.4. The third-order valence-electron chi connectivity index (χ3n) is 3.39. The lowest BCUT2D eigenvalue weighted by molar-refractivity contribution is 0.415. The molecule has 2 aromatic carbocycles. The molecule has 0 unspecified atom stereocenters. The van der Waals surface area contributed by atoms with E-state index in [1.807, 2.05) is 67.6 Å². The lowest BCUT2D eigenvalue weighted by atomic mass is 10.1. The lowest BCUT2D eigenvalue weighted by Gasteiger charge is -2.12. The second kappa shape index (κ2) is 8.22. The van der Waals surface area contributed by atoms with Gasteiger partial charge in [-0.25, -0.2) is 0 Å². The number of hydrogen-bond acceptors (Lipinski definition) is 4. The monoisotopic (exact) mass is 315 g/mol. The summed E-state index contributed by atoms with van der Waals surface area (Å²) in [5, 5.41) is 21.1. The average molecular weight is 315 g/mol. The SMILES string of the molecule is COc1ccc(NC(=CC=C(C#N)C#N)c2ccc(C)cc2)cc1. The third kappa shape index (κ3) is 4.50. The minimum absolute atomic E-state index is 0.0520. The predicted octanol–water partition coefficient (Wildman–Crippen LogP) is 4.43. The van der Waals surface area contributed by atoms with Crippen LogP contribution in [0, 0.1) is 29.6 Å². The maximum atomic E-state index is 8.89. The summed E-state index contributed by atoms with van der Waals surface area (Å²) in [6.45, 7) is 2.02. The predicted molar refractivity (Wildman–Crippen MR) is 95.1 cm³/mol. The molecule has 4 nitrogen and oxygen atoms in total. The molecule has 0 aliphatic rings. The number of allylic oxidation sites excluding steroid dienone is 3. The van der Waals surface area contributed by atoms with Gasteiger partial charge in [-0.3, -0.25) is 0 Å². The van der Waals surface area contributed by atoms with Crippen molar-refractivity contribution < 1.29 is 4.74 Å². The minimum Gasteiger partial charge on any atom is -0.497 e. The van der Waals surface area contributed by atoms with E-state index >= 15 is 0 Å². The van der Waals surface area contributed by atoms with Gasteiger partial charge in [-0.1, -0.05) is 29.8 Å².